The maximum absolute atomic E-state index is 9.00. The largest absolute Gasteiger partial charge is 0.392 e. The molecule has 0 aliphatic heterocycles. The van der Waals surface area contributed by atoms with Gasteiger partial charge in [-0.25, -0.2) is 0 Å². The van der Waals surface area contributed by atoms with Crippen molar-refractivity contribution in [3.8, 4) is 0 Å². The molecular weight excluding hydrogens is 258 g/mol. The first kappa shape index (κ1) is 14.2. The van der Waals surface area contributed by atoms with Crippen LogP contribution in [0.25, 0.3) is 0 Å². The Labute approximate surface area is 118 Å². The standard InChI is InChI=1S/C15H19NO2S/c1-3-15-14(11(2)18-16-15)10-19-9-13-6-4-12(8-17)5-7-13/h4-7,17H,3,8-10H2,1-2H3. The predicted octanol–water partition coefficient (Wildman–Crippen LogP) is 3.47. The first-order valence-corrected chi connectivity index (χ1v) is 7.60. The van der Waals surface area contributed by atoms with Crippen LogP contribution in [0.1, 0.15) is 35.1 Å². The van der Waals surface area contributed by atoms with E-state index in [0.29, 0.717) is 0 Å². The van der Waals surface area contributed by atoms with Crippen molar-refractivity contribution in [1.82, 2.24) is 5.16 Å². The molecule has 3 nitrogen and oxygen atoms in total. The average molecular weight is 277 g/mol. The molecule has 0 saturated heterocycles. The summed E-state index contributed by atoms with van der Waals surface area (Å²) >= 11 is 1.86. The molecule has 0 aliphatic carbocycles. The lowest BCUT2D eigenvalue weighted by atomic mass is 10.2. The highest BCUT2D eigenvalue weighted by atomic mass is 32.2. The second kappa shape index (κ2) is 6.78. The van der Waals surface area contributed by atoms with Crippen LogP contribution in [0.5, 0.6) is 0 Å². The van der Waals surface area contributed by atoms with Crippen molar-refractivity contribution in [2.24, 2.45) is 0 Å². The highest BCUT2D eigenvalue weighted by molar-refractivity contribution is 7.97. The van der Waals surface area contributed by atoms with Gasteiger partial charge in [0.25, 0.3) is 0 Å². The van der Waals surface area contributed by atoms with Crippen molar-refractivity contribution in [3.63, 3.8) is 0 Å². The molecule has 2 rings (SSSR count). The highest BCUT2D eigenvalue weighted by Crippen LogP contribution is 2.23. The topological polar surface area (TPSA) is 46.3 Å². The summed E-state index contributed by atoms with van der Waals surface area (Å²) in [4.78, 5) is 0. The molecule has 4 heteroatoms. The lowest BCUT2D eigenvalue weighted by Gasteiger charge is -2.03. The minimum absolute atomic E-state index is 0.104. The monoisotopic (exact) mass is 277 g/mol. The Kier molecular flexibility index (Phi) is 5.05. The van der Waals surface area contributed by atoms with E-state index in [0.717, 1.165) is 34.9 Å². The summed E-state index contributed by atoms with van der Waals surface area (Å²) in [6.45, 7) is 4.17. The van der Waals surface area contributed by atoms with Gasteiger partial charge in [-0.3, -0.25) is 0 Å². The number of nitrogens with zero attached hydrogens (tertiary/aromatic N) is 1. The summed E-state index contributed by atoms with van der Waals surface area (Å²) in [5, 5.41) is 13.1. The smallest absolute Gasteiger partial charge is 0.137 e. The van der Waals surface area contributed by atoms with Gasteiger partial charge in [-0.05, 0) is 24.5 Å². The Balaban J connectivity index is 1.90. The van der Waals surface area contributed by atoms with Crippen LogP contribution in [0.2, 0.25) is 0 Å². The molecule has 0 saturated carbocycles. The maximum atomic E-state index is 9.00. The third-order valence-electron chi connectivity index (χ3n) is 3.12. The van der Waals surface area contributed by atoms with Gasteiger partial charge in [0, 0.05) is 17.1 Å². The van der Waals surface area contributed by atoms with E-state index in [1.54, 1.807) is 0 Å². The van der Waals surface area contributed by atoms with Crippen LogP contribution in [0.3, 0.4) is 0 Å². The van der Waals surface area contributed by atoms with Gasteiger partial charge in [-0.2, -0.15) is 11.8 Å². The van der Waals surface area contributed by atoms with E-state index in [9.17, 15) is 0 Å². The van der Waals surface area contributed by atoms with Gasteiger partial charge < -0.3 is 9.63 Å². The zero-order valence-corrected chi connectivity index (χ0v) is 12.2. The van der Waals surface area contributed by atoms with Crippen LogP contribution in [0.15, 0.2) is 28.8 Å². The van der Waals surface area contributed by atoms with Crippen molar-refractivity contribution in [3.05, 3.63) is 52.4 Å². The molecule has 1 heterocycles. The Morgan fingerprint density at radius 1 is 1.16 bits per heavy atom. The molecule has 1 aromatic carbocycles. The van der Waals surface area contributed by atoms with Crippen LogP contribution in [-0.2, 0) is 24.5 Å². The number of aliphatic hydroxyl groups is 1. The summed E-state index contributed by atoms with van der Waals surface area (Å²) in [6, 6.07) is 8.08. The second-order valence-corrected chi connectivity index (χ2v) is 5.47. The third kappa shape index (κ3) is 3.61. The number of rotatable bonds is 6. The zero-order valence-electron chi connectivity index (χ0n) is 11.3. The minimum atomic E-state index is 0.104. The molecule has 2 aromatic rings. The zero-order chi connectivity index (χ0) is 13.7. The van der Waals surface area contributed by atoms with E-state index < -0.39 is 0 Å². The van der Waals surface area contributed by atoms with Crippen LogP contribution in [-0.4, -0.2) is 10.3 Å². The molecule has 0 spiro atoms. The van der Waals surface area contributed by atoms with Crippen molar-refractivity contribution in [2.75, 3.05) is 0 Å². The van der Waals surface area contributed by atoms with Crippen molar-refractivity contribution >= 4 is 11.8 Å². The molecule has 0 aliphatic rings. The Bertz CT molecular complexity index is 519. The van der Waals surface area contributed by atoms with Crippen molar-refractivity contribution in [1.29, 1.82) is 0 Å². The van der Waals surface area contributed by atoms with Gasteiger partial charge in [-0.15, -0.1) is 0 Å². The van der Waals surface area contributed by atoms with Crippen LogP contribution < -0.4 is 0 Å². The lowest BCUT2D eigenvalue weighted by Crippen LogP contribution is -1.90. The number of hydrogen-bond acceptors (Lipinski definition) is 4. The molecule has 102 valence electrons. The molecule has 0 fully saturated rings. The molecule has 1 N–H and O–H groups in total. The van der Waals surface area contributed by atoms with Gasteiger partial charge in [0.05, 0.1) is 12.3 Å². The van der Waals surface area contributed by atoms with E-state index in [4.69, 9.17) is 9.63 Å². The number of thioether (sulfide) groups is 1. The van der Waals surface area contributed by atoms with Gasteiger partial charge in [0.15, 0.2) is 0 Å². The molecule has 0 unspecified atom stereocenters. The maximum Gasteiger partial charge on any atom is 0.137 e. The molecule has 19 heavy (non-hydrogen) atoms. The SMILES string of the molecule is CCc1noc(C)c1CSCc1ccc(CO)cc1. The summed E-state index contributed by atoms with van der Waals surface area (Å²) in [5.74, 6) is 2.82. The summed E-state index contributed by atoms with van der Waals surface area (Å²) in [7, 11) is 0. The van der Waals surface area contributed by atoms with Gasteiger partial charge in [0.1, 0.15) is 5.76 Å². The van der Waals surface area contributed by atoms with E-state index >= 15 is 0 Å². The van der Waals surface area contributed by atoms with E-state index in [1.807, 2.05) is 30.8 Å². The van der Waals surface area contributed by atoms with Gasteiger partial charge in [-0.1, -0.05) is 36.3 Å². The molecule has 0 atom stereocenters. The molecule has 1 aromatic heterocycles. The second-order valence-electron chi connectivity index (χ2n) is 4.48. The molecule has 0 radical (unpaired) electrons. The van der Waals surface area contributed by atoms with E-state index in [2.05, 4.69) is 24.2 Å². The van der Waals surface area contributed by atoms with Crippen LogP contribution in [0.4, 0.5) is 0 Å². The fourth-order valence-electron chi connectivity index (χ4n) is 1.91. The summed E-state index contributed by atoms with van der Waals surface area (Å²) in [6.07, 6.45) is 0.915. The quantitative estimate of drug-likeness (QED) is 0.878. The summed E-state index contributed by atoms with van der Waals surface area (Å²) < 4.78 is 5.23. The first-order valence-electron chi connectivity index (χ1n) is 6.45. The third-order valence-corrected chi connectivity index (χ3v) is 4.15. The fraction of sp³-hybridized carbons (Fsp3) is 0.400. The number of benzene rings is 1. The number of aryl methyl sites for hydroxylation is 2. The molecule has 0 amide bonds. The van der Waals surface area contributed by atoms with Crippen LogP contribution in [0, 0.1) is 6.92 Å². The van der Waals surface area contributed by atoms with Crippen molar-refractivity contribution < 1.29 is 9.63 Å². The minimum Gasteiger partial charge on any atom is -0.392 e. The van der Waals surface area contributed by atoms with Crippen LogP contribution >= 0.6 is 11.8 Å². The Hall–Kier alpha value is -1.26. The first-order chi connectivity index (χ1) is 9.24. The Morgan fingerprint density at radius 3 is 2.47 bits per heavy atom. The molecule has 0 bridgehead atoms. The Morgan fingerprint density at radius 2 is 1.84 bits per heavy atom. The number of hydrogen-bond donors (Lipinski definition) is 1. The number of aliphatic hydroxyl groups excluding tert-OH is 1. The van der Waals surface area contributed by atoms with E-state index in [1.165, 1.54) is 11.1 Å². The van der Waals surface area contributed by atoms with Gasteiger partial charge >= 0.3 is 0 Å². The fourth-order valence-corrected chi connectivity index (χ4v) is 3.02. The highest BCUT2D eigenvalue weighted by Gasteiger charge is 2.10. The van der Waals surface area contributed by atoms with E-state index in [-0.39, 0.29) is 6.61 Å². The van der Waals surface area contributed by atoms with Gasteiger partial charge in [0.2, 0.25) is 0 Å². The predicted molar refractivity (Wildman–Crippen MR) is 78.0 cm³/mol. The number of aromatic nitrogens is 1. The molecular formula is C15H19NO2S. The van der Waals surface area contributed by atoms with Crippen molar-refractivity contribution in [2.45, 2.75) is 38.4 Å². The lowest BCUT2D eigenvalue weighted by molar-refractivity contribution is 0.282. The summed E-state index contributed by atoms with van der Waals surface area (Å²) in [5.41, 5.74) is 4.53. The average Bonchev–Trinajstić information content (AvgIpc) is 2.80. The normalized spacial score (nSPS) is 10.9.